The van der Waals surface area contributed by atoms with Crippen LogP contribution in [0.25, 0.3) is 0 Å². The highest BCUT2D eigenvalue weighted by Crippen LogP contribution is 2.31. The van der Waals surface area contributed by atoms with Gasteiger partial charge in [0.05, 0.1) is 13.2 Å². The minimum absolute atomic E-state index is 0.0673. The van der Waals surface area contributed by atoms with Gasteiger partial charge in [0.25, 0.3) is 0 Å². The summed E-state index contributed by atoms with van der Waals surface area (Å²) < 4.78 is 11.2. The first kappa shape index (κ1) is 18.5. The minimum atomic E-state index is 0.0673. The molecule has 2 atom stereocenters. The van der Waals surface area contributed by atoms with Crippen molar-refractivity contribution in [2.75, 3.05) is 31.7 Å². The zero-order chi connectivity index (χ0) is 18.6. The summed E-state index contributed by atoms with van der Waals surface area (Å²) in [5, 5.41) is 4.63. The number of hydrogen-bond donors (Lipinski definition) is 1. The van der Waals surface area contributed by atoms with Crippen molar-refractivity contribution in [3.63, 3.8) is 0 Å². The van der Waals surface area contributed by atoms with Gasteiger partial charge in [0.2, 0.25) is 5.88 Å². The molecule has 27 heavy (non-hydrogen) atoms. The Morgan fingerprint density at radius 3 is 2.56 bits per heavy atom. The van der Waals surface area contributed by atoms with Crippen molar-refractivity contribution in [3.05, 3.63) is 53.2 Å². The molecule has 2 aliphatic rings. The molecule has 1 N–H and O–H groups in total. The number of halogens is 1. The lowest BCUT2D eigenvalue weighted by molar-refractivity contribution is 0.0951. The molecule has 1 aromatic carbocycles. The molecule has 0 unspecified atom stereocenters. The summed E-state index contributed by atoms with van der Waals surface area (Å²) in [6, 6.07) is 13.0. The van der Waals surface area contributed by atoms with Gasteiger partial charge in [0.1, 0.15) is 0 Å². The quantitative estimate of drug-likeness (QED) is 0.844. The molecule has 0 amide bonds. The topological polar surface area (TPSA) is 46.6 Å². The molecule has 2 aromatic rings. The predicted octanol–water partition coefficient (Wildman–Crippen LogP) is 3.83. The van der Waals surface area contributed by atoms with Crippen LogP contribution in [0.15, 0.2) is 42.6 Å². The van der Waals surface area contributed by atoms with Crippen LogP contribution < -0.4 is 15.0 Å². The zero-order valence-corrected chi connectivity index (χ0v) is 16.4. The molecular weight excluding hydrogens is 362 g/mol. The average molecular weight is 388 g/mol. The number of nitrogens with zero attached hydrogens (tertiary/aromatic N) is 2. The maximum atomic E-state index is 6.00. The van der Waals surface area contributed by atoms with Gasteiger partial charge in [-0.1, -0.05) is 11.6 Å². The summed E-state index contributed by atoms with van der Waals surface area (Å²) in [5.74, 6) is 0.635. The van der Waals surface area contributed by atoms with Crippen LogP contribution >= 0.6 is 11.6 Å². The number of hydrogen-bond acceptors (Lipinski definition) is 5. The first-order valence-electron chi connectivity index (χ1n) is 9.61. The largest absolute Gasteiger partial charge is 0.481 e. The van der Waals surface area contributed by atoms with Crippen LogP contribution in [-0.2, 0) is 4.74 Å². The molecule has 0 aliphatic carbocycles. The van der Waals surface area contributed by atoms with Crippen LogP contribution in [-0.4, -0.2) is 43.9 Å². The summed E-state index contributed by atoms with van der Waals surface area (Å²) in [6.07, 6.45) is 5.23. The number of benzene rings is 1. The standard InChI is InChI=1S/C21H26ClN3O2/c1-26-20-7-2-15(14-23-20)21-19(10-13-27-21)24-17-8-11-25(12-9-17)18-5-3-16(22)4-6-18/h2-7,14,17,19,21,24H,8-13H2,1H3/t19-,21+/m0/s1. The molecule has 0 bridgehead atoms. The lowest BCUT2D eigenvalue weighted by Crippen LogP contribution is -2.47. The van der Waals surface area contributed by atoms with Crippen LogP contribution in [0.2, 0.25) is 5.02 Å². The molecule has 0 spiro atoms. The highest BCUT2D eigenvalue weighted by molar-refractivity contribution is 6.30. The SMILES string of the molecule is COc1ccc([C@H]2OCC[C@@H]2NC2CCN(c3ccc(Cl)cc3)CC2)cn1. The Labute approximate surface area is 165 Å². The van der Waals surface area contributed by atoms with Crippen LogP contribution in [0.4, 0.5) is 5.69 Å². The number of nitrogens with one attached hydrogen (secondary N) is 1. The van der Waals surface area contributed by atoms with E-state index in [4.69, 9.17) is 21.1 Å². The minimum Gasteiger partial charge on any atom is -0.481 e. The van der Waals surface area contributed by atoms with E-state index in [-0.39, 0.29) is 6.10 Å². The van der Waals surface area contributed by atoms with E-state index in [2.05, 4.69) is 33.4 Å². The Hall–Kier alpha value is -1.82. The molecule has 0 saturated carbocycles. The van der Waals surface area contributed by atoms with Gasteiger partial charge >= 0.3 is 0 Å². The number of aromatic nitrogens is 1. The van der Waals surface area contributed by atoms with Gasteiger partial charge in [0, 0.05) is 60.3 Å². The van der Waals surface area contributed by atoms with Gasteiger partial charge in [-0.3, -0.25) is 0 Å². The van der Waals surface area contributed by atoms with E-state index in [1.165, 1.54) is 5.69 Å². The Morgan fingerprint density at radius 1 is 1.11 bits per heavy atom. The molecule has 2 fully saturated rings. The second kappa shape index (κ2) is 8.46. The van der Waals surface area contributed by atoms with E-state index >= 15 is 0 Å². The lowest BCUT2D eigenvalue weighted by Gasteiger charge is -2.36. The second-order valence-electron chi connectivity index (χ2n) is 7.22. The predicted molar refractivity (Wildman–Crippen MR) is 108 cm³/mol. The molecule has 2 aliphatic heterocycles. The Bertz CT molecular complexity index is 730. The Kier molecular flexibility index (Phi) is 5.81. The fraction of sp³-hybridized carbons (Fsp3) is 0.476. The summed E-state index contributed by atoms with van der Waals surface area (Å²) in [5.41, 5.74) is 2.37. The van der Waals surface area contributed by atoms with Crippen molar-refractivity contribution < 1.29 is 9.47 Å². The van der Waals surface area contributed by atoms with Gasteiger partial charge in [-0.05, 0) is 49.6 Å². The van der Waals surface area contributed by atoms with Gasteiger partial charge in [0.15, 0.2) is 0 Å². The lowest BCUT2D eigenvalue weighted by atomic mass is 9.99. The third-order valence-corrected chi connectivity index (χ3v) is 5.78. The molecule has 1 aromatic heterocycles. The second-order valence-corrected chi connectivity index (χ2v) is 7.66. The van der Waals surface area contributed by atoms with Crippen LogP contribution in [0.5, 0.6) is 5.88 Å². The van der Waals surface area contributed by atoms with Crippen molar-refractivity contribution in [1.29, 1.82) is 0 Å². The summed E-state index contributed by atoms with van der Waals surface area (Å²) in [7, 11) is 1.63. The van der Waals surface area contributed by atoms with Crippen molar-refractivity contribution in [2.45, 2.75) is 37.5 Å². The smallest absolute Gasteiger partial charge is 0.212 e. The number of piperidine rings is 1. The molecular formula is C21H26ClN3O2. The zero-order valence-electron chi connectivity index (χ0n) is 15.6. The van der Waals surface area contributed by atoms with E-state index < -0.39 is 0 Å². The van der Waals surface area contributed by atoms with Crippen molar-refractivity contribution in [2.24, 2.45) is 0 Å². The monoisotopic (exact) mass is 387 g/mol. The molecule has 2 saturated heterocycles. The Morgan fingerprint density at radius 2 is 1.89 bits per heavy atom. The first-order valence-corrected chi connectivity index (χ1v) is 9.99. The van der Waals surface area contributed by atoms with Crippen LogP contribution in [0.1, 0.15) is 30.9 Å². The summed E-state index contributed by atoms with van der Waals surface area (Å²) >= 11 is 6.00. The van der Waals surface area contributed by atoms with E-state index in [0.29, 0.717) is 18.0 Å². The van der Waals surface area contributed by atoms with E-state index in [1.54, 1.807) is 7.11 Å². The number of methoxy groups -OCH3 is 1. The maximum absolute atomic E-state index is 6.00. The Balaban J connectivity index is 1.33. The molecule has 144 valence electrons. The third-order valence-electron chi connectivity index (χ3n) is 5.53. The van der Waals surface area contributed by atoms with Gasteiger partial charge in [-0.15, -0.1) is 0 Å². The third kappa shape index (κ3) is 4.37. The summed E-state index contributed by atoms with van der Waals surface area (Å²) in [4.78, 5) is 6.76. The number of pyridine rings is 1. The normalized spacial score (nSPS) is 23.6. The molecule has 3 heterocycles. The van der Waals surface area contributed by atoms with E-state index in [1.807, 2.05) is 24.4 Å². The van der Waals surface area contributed by atoms with Gasteiger partial charge in [-0.2, -0.15) is 0 Å². The fourth-order valence-electron chi connectivity index (χ4n) is 4.03. The van der Waals surface area contributed by atoms with Crippen molar-refractivity contribution in [3.8, 4) is 5.88 Å². The maximum Gasteiger partial charge on any atom is 0.212 e. The van der Waals surface area contributed by atoms with Crippen LogP contribution in [0.3, 0.4) is 0 Å². The number of ether oxygens (including phenoxy) is 2. The number of rotatable bonds is 5. The average Bonchev–Trinajstić information content (AvgIpc) is 3.17. The first-order chi connectivity index (χ1) is 13.2. The van der Waals surface area contributed by atoms with E-state index in [9.17, 15) is 0 Å². The van der Waals surface area contributed by atoms with Gasteiger partial charge < -0.3 is 19.7 Å². The molecule has 6 heteroatoms. The summed E-state index contributed by atoms with van der Waals surface area (Å²) in [6.45, 7) is 2.90. The highest BCUT2D eigenvalue weighted by Gasteiger charge is 2.32. The number of anilines is 1. The molecule has 4 rings (SSSR count). The molecule has 5 nitrogen and oxygen atoms in total. The van der Waals surface area contributed by atoms with E-state index in [0.717, 1.165) is 49.5 Å². The van der Waals surface area contributed by atoms with Crippen molar-refractivity contribution >= 4 is 17.3 Å². The highest BCUT2D eigenvalue weighted by atomic mass is 35.5. The van der Waals surface area contributed by atoms with Crippen LogP contribution in [0, 0.1) is 0 Å². The molecule has 0 radical (unpaired) electrons. The van der Waals surface area contributed by atoms with Crippen molar-refractivity contribution in [1.82, 2.24) is 10.3 Å². The fourth-order valence-corrected chi connectivity index (χ4v) is 4.15. The van der Waals surface area contributed by atoms with Gasteiger partial charge in [-0.25, -0.2) is 4.98 Å².